The molecule has 0 N–H and O–H groups in total. The summed E-state index contributed by atoms with van der Waals surface area (Å²) in [7, 11) is 1.60. The van der Waals surface area contributed by atoms with Crippen LogP contribution in [-0.4, -0.2) is 19.8 Å². The van der Waals surface area contributed by atoms with Gasteiger partial charge in [0.05, 0.1) is 13.2 Å². The zero-order valence-corrected chi connectivity index (χ0v) is 10.9. The number of benzene rings is 1. The molecule has 4 heteroatoms. The van der Waals surface area contributed by atoms with E-state index in [1.165, 1.54) is 0 Å². The van der Waals surface area contributed by atoms with E-state index in [0.717, 1.165) is 23.3 Å². The molecule has 4 nitrogen and oxygen atoms in total. The lowest BCUT2D eigenvalue weighted by Crippen LogP contribution is -2.05. The predicted octanol–water partition coefficient (Wildman–Crippen LogP) is 2.62. The maximum Gasteiger partial charge on any atom is 0.172 e. The molecule has 1 heterocycles. The summed E-state index contributed by atoms with van der Waals surface area (Å²) >= 11 is 0. The molecular weight excluding hydrogens is 230 g/mol. The zero-order chi connectivity index (χ0) is 13.1. The predicted molar refractivity (Wildman–Crippen MR) is 66.8 cm³/mol. The molecule has 0 aliphatic carbocycles. The standard InChI is InChI=1S/C14H17NO3/c1-4-17-14(8-15)11-7-12-10(5-9(2)18-12)6-13(11)16-3/h6-7,9,14H,4-5H2,1-3H3. The Balaban J connectivity index is 2.41. The number of hydrogen-bond donors (Lipinski definition) is 0. The molecule has 0 spiro atoms. The molecule has 0 bridgehead atoms. The summed E-state index contributed by atoms with van der Waals surface area (Å²) in [6.45, 7) is 4.37. The minimum absolute atomic E-state index is 0.174. The topological polar surface area (TPSA) is 51.5 Å². The number of nitriles is 1. The molecule has 1 aliphatic heterocycles. The third kappa shape index (κ3) is 2.27. The van der Waals surface area contributed by atoms with Crippen molar-refractivity contribution in [2.45, 2.75) is 32.5 Å². The Morgan fingerprint density at radius 2 is 2.33 bits per heavy atom. The molecule has 2 unspecified atom stereocenters. The second-order valence-electron chi connectivity index (χ2n) is 4.30. The van der Waals surface area contributed by atoms with Crippen LogP contribution < -0.4 is 9.47 Å². The minimum Gasteiger partial charge on any atom is -0.496 e. The molecule has 0 amide bonds. The van der Waals surface area contributed by atoms with E-state index in [1.54, 1.807) is 7.11 Å². The number of fused-ring (bicyclic) bond motifs is 1. The molecule has 96 valence electrons. The van der Waals surface area contributed by atoms with Crippen LogP contribution in [0.5, 0.6) is 11.5 Å². The summed E-state index contributed by atoms with van der Waals surface area (Å²) in [5.41, 5.74) is 1.85. The van der Waals surface area contributed by atoms with Gasteiger partial charge in [0.1, 0.15) is 17.6 Å². The lowest BCUT2D eigenvalue weighted by Gasteiger charge is -2.15. The smallest absolute Gasteiger partial charge is 0.172 e. The minimum atomic E-state index is -0.616. The zero-order valence-electron chi connectivity index (χ0n) is 10.9. The van der Waals surface area contributed by atoms with Gasteiger partial charge < -0.3 is 14.2 Å². The Kier molecular flexibility index (Phi) is 3.73. The Bertz CT molecular complexity index is 479. The molecule has 1 aromatic carbocycles. The van der Waals surface area contributed by atoms with E-state index >= 15 is 0 Å². The normalized spacial score (nSPS) is 18.7. The third-order valence-corrected chi connectivity index (χ3v) is 2.98. The van der Waals surface area contributed by atoms with Crippen molar-refractivity contribution < 1.29 is 14.2 Å². The van der Waals surface area contributed by atoms with E-state index in [9.17, 15) is 0 Å². The number of rotatable bonds is 4. The molecule has 0 aromatic heterocycles. The maximum atomic E-state index is 9.16. The monoisotopic (exact) mass is 247 g/mol. The Labute approximate surface area is 107 Å². The summed E-state index contributed by atoms with van der Waals surface area (Å²) in [6.07, 6.45) is 0.431. The van der Waals surface area contributed by atoms with E-state index in [-0.39, 0.29) is 6.10 Å². The number of hydrogen-bond acceptors (Lipinski definition) is 4. The van der Waals surface area contributed by atoms with E-state index in [4.69, 9.17) is 19.5 Å². The van der Waals surface area contributed by atoms with Crippen LogP contribution in [0.15, 0.2) is 12.1 Å². The number of nitrogens with zero attached hydrogens (tertiary/aromatic N) is 1. The van der Waals surface area contributed by atoms with E-state index in [1.807, 2.05) is 26.0 Å². The molecule has 0 fully saturated rings. The first-order valence-corrected chi connectivity index (χ1v) is 6.08. The fourth-order valence-electron chi connectivity index (χ4n) is 2.20. The van der Waals surface area contributed by atoms with Gasteiger partial charge in [0, 0.05) is 24.2 Å². The molecule has 1 aromatic rings. The van der Waals surface area contributed by atoms with Crippen LogP contribution in [0.1, 0.15) is 31.1 Å². The summed E-state index contributed by atoms with van der Waals surface area (Å²) in [4.78, 5) is 0. The Morgan fingerprint density at radius 3 is 2.94 bits per heavy atom. The van der Waals surface area contributed by atoms with Gasteiger partial charge in [-0.25, -0.2) is 0 Å². The van der Waals surface area contributed by atoms with Crippen LogP contribution in [-0.2, 0) is 11.2 Å². The average Bonchev–Trinajstić information content (AvgIpc) is 2.73. The van der Waals surface area contributed by atoms with Crippen LogP contribution in [0, 0.1) is 11.3 Å². The van der Waals surface area contributed by atoms with Crippen molar-refractivity contribution in [3.8, 4) is 17.6 Å². The van der Waals surface area contributed by atoms with E-state index in [2.05, 4.69) is 6.07 Å². The molecule has 1 aliphatic rings. The molecular formula is C14H17NO3. The molecule has 2 atom stereocenters. The number of methoxy groups -OCH3 is 1. The van der Waals surface area contributed by atoms with Crippen LogP contribution in [0.4, 0.5) is 0 Å². The van der Waals surface area contributed by atoms with Crippen LogP contribution in [0.2, 0.25) is 0 Å². The highest BCUT2D eigenvalue weighted by Crippen LogP contribution is 2.38. The second-order valence-corrected chi connectivity index (χ2v) is 4.30. The van der Waals surface area contributed by atoms with Gasteiger partial charge in [0.2, 0.25) is 0 Å². The highest BCUT2D eigenvalue weighted by atomic mass is 16.5. The van der Waals surface area contributed by atoms with Crippen molar-refractivity contribution in [3.05, 3.63) is 23.3 Å². The van der Waals surface area contributed by atoms with Gasteiger partial charge >= 0.3 is 0 Å². The third-order valence-electron chi connectivity index (χ3n) is 2.98. The first-order valence-electron chi connectivity index (χ1n) is 6.08. The van der Waals surface area contributed by atoms with Crippen molar-refractivity contribution in [3.63, 3.8) is 0 Å². The van der Waals surface area contributed by atoms with Crippen LogP contribution in [0.25, 0.3) is 0 Å². The van der Waals surface area contributed by atoms with Crippen molar-refractivity contribution >= 4 is 0 Å². The van der Waals surface area contributed by atoms with Crippen molar-refractivity contribution in [2.24, 2.45) is 0 Å². The van der Waals surface area contributed by atoms with E-state index < -0.39 is 6.10 Å². The lowest BCUT2D eigenvalue weighted by molar-refractivity contribution is 0.0997. The van der Waals surface area contributed by atoms with Gasteiger partial charge in [0.15, 0.2) is 6.10 Å². The van der Waals surface area contributed by atoms with Crippen LogP contribution in [0.3, 0.4) is 0 Å². The van der Waals surface area contributed by atoms with Gasteiger partial charge in [-0.3, -0.25) is 0 Å². The average molecular weight is 247 g/mol. The maximum absolute atomic E-state index is 9.16. The van der Waals surface area contributed by atoms with Gasteiger partial charge in [-0.2, -0.15) is 5.26 Å². The fourth-order valence-corrected chi connectivity index (χ4v) is 2.20. The number of ether oxygens (including phenoxy) is 3. The highest BCUT2D eigenvalue weighted by Gasteiger charge is 2.25. The first-order chi connectivity index (χ1) is 8.69. The SMILES string of the molecule is CCOC(C#N)c1cc2c(cc1OC)CC(C)O2. The van der Waals surface area contributed by atoms with Crippen molar-refractivity contribution in [2.75, 3.05) is 13.7 Å². The Morgan fingerprint density at radius 1 is 1.56 bits per heavy atom. The fraction of sp³-hybridized carbons (Fsp3) is 0.500. The lowest BCUT2D eigenvalue weighted by atomic mass is 10.0. The van der Waals surface area contributed by atoms with Crippen molar-refractivity contribution in [1.29, 1.82) is 5.26 Å². The van der Waals surface area contributed by atoms with Gasteiger partial charge in [-0.05, 0) is 26.0 Å². The molecule has 0 radical (unpaired) electrons. The largest absolute Gasteiger partial charge is 0.496 e. The van der Waals surface area contributed by atoms with Crippen LogP contribution >= 0.6 is 0 Å². The van der Waals surface area contributed by atoms with Gasteiger partial charge in [-0.1, -0.05) is 0 Å². The quantitative estimate of drug-likeness (QED) is 0.820. The molecule has 0 saturated heterocycles. The molecule has 18 heavy (non-hydrogen) atoms. The molecule has 2 rings (SSSR count). The second kappa shape index (κ2) is 5.28. The first kappa shape index (κ1) is 12.7. The highest BCUT2D eigenvalue weighted by molar-refractivity contribution is 5.50. The summed E-state index contributed by atoms with van der Waals surface area (Å²) in [5.74, 6) is 1.52. The van der Waals surface area contributed by atoms with E-state index in [0.29, 0.717) is 12.4 Å². The summed E-state index contributed by atoms with van der Waals surface area (Å²) < 4.78 is 16.5. The van der Waals surface area contributed by atoms with Gasteiger partial charge in [0.25, 0.3) is 0 Å². The van der Waals surface area contributed by atoms with Gasteiger partial charge in [-0.15, -0.1) is 0 Å². The van der Waals surface area contributed by atoms with Crippen molar-refractivity contribution in [1.82, 2.24) is 0 Å². The molecule has 0 saturated carbocycles. The Hall–Kier alpha value is -1.73. The summed E-state index contributed by atoms with van der Waals surface area (Å²) in [6, 6.07) is 5.94. The summed E-state index contributed by atoms with van der Waals surface area (Å²) in [5, 5.41) is 9.16.